The van der Waals surface area contributed by atoms with E-state index in [9.17, 15) is 4.79 Å². The van der Waals surface area contributed by atoms with Gasteiger partial charge >= 0.3 is 0 Å². The van der Waals surface area contributed by atoms with E-state index in [0.717, 1.165) is 5.56 Å². The highest BCUT2D eigenvalue weighted by Crippen LogP contribution is 2.01. The number of amides is 1. The highest BCUT2D eigenvalue weighted by Gasteiger charge is 2.14. The monoisotopic (exact) mass is 216 g/mol. The summed E-state index contributed by atoms with van der Waals surface area (Å²) in [5.74, 6) is 2.21. The summed E-state index contributed by atoms with van der Waals surface area (Å²) >= 11 is 0. The molecule has 3 heteroatoms. The molecule has 1 unspecified atom stereocenters. The molecule has 16 heavy (non-hydrogen) atoms. The van der Waals surface area contributed by atoms with Crippen molar-refractivity contribution in [3.63, 3.8) is 0 Å². The van der Waals surface area contributed by atoms with Gasteiger partial charge in [-0.2, -0.15) is 0 Å². The van der Waals surface area contributed by atoms with Gasteiger partial charge in [0.1, 0.15) is 0 Å². The first-order valence-electron chi connectivity index (χ1n) is 5.19. The van der Waals surface area contributed by atoms with Crippen LogP contribution in [-0.2, 0) is 11.2 Å². The van der Waals surface area contributed by atoms with Crippen molar-refractivity contribution in [2.75, 3.05) is 0 Å². The minimum absolute atomic E-state index is 0.214. The van der Waals surface area contributed by atoms with Gasteiger partial charge in [-0.3, -0.25) is 4.79 Å². The molecule has 1 amide bonds. The Labute approximate surface area is 96.0 Å². The van der Waals surface area contributed by atoms with Gasteiger partial charge in [0.05, 0.1) is 12.1 Å². The molecule has 1 rings (SSSR count). The Morgan fingerprint density at radius 1 is 1.50 bits per heavy atom. The van der Waals surface area contributed by atoms with Gasteiger partial charge in [0.2, 0.25) is 5.91 Å². The zero-order valence-electron chi connectivity index (χ0n) is 9.31. The lowest BCUT2D eigenvalue weighted by atomic mass is 10.1. The smallest absolute Gasteiger partial charge is 0.238 e. The summed E-state index contributed by atoms with van der Waals surface area (Å²) in [6, 6.07) is 8.81. The maximum Gasteiger partial charge on any atom is 0.238 e. The van der Waals surface area contributed by atoms with Crippen LogP contribution in [0.2, 0.25) is 0 Å². The zero-order chi connectivity index (χ0) is 12.0. The second-order valence-corrected chi connectivity index (χ2v) is 3.69. The van der Waals surface area contributed by atoms with Crippen molar-refractivity contribution in [3.05, 3.63) is 35.9 Å². The first-order valence-corrected chi connectivity index (χ1v) is 5.19. The fraction of sp³-hybridized carbons (Fsp3) is 0.308. The predicted molar refractivity (Wildman–Crippen MR) is 64.6 cm³/mol. The van der Waals surface area contributed by atoms with Crippen LogP contribution < -0.4 is 11.1 Å². The van der Waals surface area contributed by atoms with Crippen LogP contribution in [0.3, 0.4) is 0 Å². The van der Waals surface area contributed by atoms with Crippen LogP contribution in [0.15, 0.2) is 30.3 Å². The molecule has 2 atom stereocenters. The number of terminal acetylenes is 1. The molecule has 0 saturated carbocycles. The summed E-state index contributed by atoms with van der Waals surface area (Å²) in [6.07, 6.45) is 5.69. The molecular weight excluding hydrogens is 200 g/mol. The molecule has 1 aromatic carbocycles. The van der Waals surface area contributed by atoms with Crippen LogP contribution in [0, 0.1) is 12.3 Å². The molecule has 1 aromatic rings. The van der Waals surface area contributed by atoms with E-state index in [2.05, 4.69) is 11.2 Å². The van der Waals surface area contributed by atoms with Crippen LogP contribution in [0.1, 0.15) is 12.5 Å². The third kappa shape index (κ3) is 3.76. The standard InChI is InChI=1S/C13H16N2O/c1-3-10(2)15-13(16)12(14)9-11-7-5-4-6-8-11/h1,4-8,10,12H,9,14H2,2H3,(H,15,16)/t10?,12-/m0/s1. The highest BCUT2D eigenvalue weighted by atomic mass is 16.2. The molecule has 0 spiro atoms. The summed E-state index contributed by atoms with van der Waals surface area (Å²) in [6.45, 7) is 1.74. The van der Waals surface area contributed by atoms with E-state index in [0.29, 0.717) is 6.42 Å². The molecule has 0 heterocycles. The maximum absolute atomic E-state index is 11.6. The second kappa shape index (κ2) is 5.94. The predicted octanol–water partition coefficient (Wildman–Crippen LogP) is 0.694. The SMILES string of the molecule is C#CC(C)NC(=O)[C@@H](N)Cc1ccccc1. The number of benzene rings is 1. The Morgan fingerprint density at radius 3 is 2.69 bits per heavy atom. The third-order valence-corrected chi connectivity index (χ3v) is 2.24. The summed E-state index contributed by atoms with van der Waals surface area (Å²) < 4.78 is 0. The molecule has 0 aliphatic heterocycles. The number of carbonyl (C=O) groups is 1. The topological polar surface area (TPSA) is 55.1 Å². The van der Waals surface area contributed by atoms with E-state index in [1.165, 1.54) is 0 Å². The van der Waals surface area contributed by atoms with Crippen molar-refractivity contribution >= 4 is 5.91 Å². The van der Waals surface area contributed by atoms with E-state index >= 15 is 0 Å². The molecule has 0 radical (unpaired) electrons. The van der Waals surface area contributed by atoms with Crippen molar-refractivity contribution in [1.82, 2.24) is 5.32 Å². The average Bonchev–Trinajstić information content (AvgIpc) is 2.30. The Hall–Kier alpha value is -1.79. The number of hydrogen-bond donors (Lipinski definition) is 2. The Balaban J connectivity index is 2.50. The van der Waals surface area contributed by atoms with Crippen LogP contribution in [0.5, 0.6) is 0 Å². The van der Waals surface area contributed by atoms with Crippen LogP contribution >= 0.6 is 0 Å². The van der Waals surface area contributed by atoms with Crippen molar-refractivity contribution in [1.29, 1.82) is 0 Å². The molecule has 3 N–H and O–H groups in total. The number of rotatable bonds is 4. The van der Waals surface area contributed by atoms with E-state index < -0.39 is 6.04 Å². The Morgan fingerprint density at radius 2 is 2.12 bits per heavy atom. The van der Waals surface area contributed by atoms with E-state index in [-0.39, 0.29) is 11.9 Å². The molecule has 0 aromatic heterocycles. The van der Waals surface area contributed by atoms with Gasteiger partial charge in [0, 0.05) is 0 Å². The van der Waals surface area contributed by atoms with Gasteiger partial charge in [-0.15, -0.1) is 6.42 Å². The summed E-state index contributed by atoms with van der Waals surface area (Å²) in [4.78, 5) is 11.6. The number of carbonyl (C=O) groups excluding carboxylic acids is 1. The summed E-state index contributed by atoms with van der Waals surface area (Å²) in [7, 11) is 0. The quantitative estimate of drug-likeness (QED) is 0.728. The summed E-state index contributed by atoms with van der Waals surface area (Å²) in [5, 5.41) is 2.65. The second-order valence-electron chi connectivity index (χ2n) is 3.69. The largest absolute Gasteiger partial charge is 0.341 e. The lowest BCUT2D eigenvalue weighted by Crippen LogP contribution is -2.45. The van der Waals surface area contributed by atoms with Crippen LogP contribution in [0.25, 0.3) is 0 Å². The van der Waals surface area contributed by atoms with E-state index in [1.54, 1.807) is 6.92 Å². The fourth-order valence-electron chi connectivity index (χ4n) is 1.32. The first kappa shape index (κ1) is 12.3. The Bertz CT molecular complexity index is 381. The van der Waals surface area contributed by atoms with Gasteiger partial charge in [0.15, 0.2) is 0 Å². The van der Waals surface area contributed by atoms with Gasteiger partial charge in [-0.1, -0.05) is 36.3 Å². The van der Waals surface area contributed by atoms with E-state index in [1.807, 2.05) is 30.3 Å². The molecule has 3 nitrogen and oxygen atoms in total. The van der Waals surface area contributed by atoms with Crippen LogP contribution in [-0.4, -0.2) is 18.0 Å². The zero-order valence-corrected chi connectivity index (χ0v) is 9.31. The van der Waals surface area contributed by atoms with Gasteiger partial charge in [-0.05, 0) is 18.9 Å². The van der Waals surface area contributed by atoms with Crippen molar-refractivity contribution < 1.29 is 4.79 Å². The molecular formula is C13H16N2O. The highest BCUT2D eigenvalue weighted by molar-refractivity contribution is 5.82. The molecule has 0 saturated heterocycles. The van der Waals surface area contributed by atoms with Crippen LogP contribution in [0.4, 0.5) is 0 Å². The van der Waals surface area contributed by atoms with Gasteiger partial charge in [-0.25, -0.2) is 0 Å². The molecule has 0 aliphatic carbocycles. The van der Waals surface area contributed by atoms with E-state index in [4.69, 9.17) is 12.2 Å². The lowest BCUT2D eigenvalue weighted by molar-refractivity contribution is -0.122. The van der Waals surface area contributed by atoms with Crippen molar-refractivity contribution in [2.24, 2.45) is 5.73 Å². The fourth-order valence-corrected chi connectivity index (χ4v) is 1.32. The average molecular weight is 216 g/mol. The summed E-state index contributed by atoms with van der Waals surface area (Å²) in [5.41, 5.74) is 6.81. The molecule has 0 bridgehead atoms. The first-order chi connectivity index (χ1) is 7.63. The number of nitrogens with one attached hydrogen (secondary N) is 1. The van der Waals surface area contributed by atoms with Crippen molar-refractivity contribution in [3.8, 4) is 12.3 Å². The van der Waals surface area contributed by atoms with Gasteiger partial charge < -0.3 is 11.1 Å². The van der Waals surface area contributed by atoms with Gasteiger partial charge in [0.25, 0.3) is 0 Å². The molecule has 84 valence electrons. The molecule has 0 aliphatic rings. The lowest BCUT2D eigenvalue weighted by Gasteiger charge is -2.13. The third-order valence-electron chi connectivity index (χ3n) is 2.24. The van der Waals surface area contributed by atoms with Crippen molar-refractivity contribution in [2.45, 2.75) is 25.4 Å². The maximum atomic E-state index is 11.6. The number of hydrogen-bond acceptors (Lipinski definition) is 2. The number of nitrogens with two attached hydrogens (primary N) is 1. The normalized spacial score (nSPS) is 13.6. The minimum Gasteiger partial charge on any atom is -0.341 e. The Kier molecular flexibility index (Phi) is 4.56. The molecule has 0 fully saturated rings. The minimum atomic E-state index is -0.557.